The predicted molar refractivity (Wildman–Crippen MR) is 140 cm³/mol. The van der Waals surface area contributed by atoms with E-state index in [0.717, 1.165) is 25.7 Å². The maximum absolute atomic E-state index is 13.4. The molecule has 0 atom stereocenters. The van der Waals surface area contributed by atoms with Gasteiger partial charge in [0, 0.05) is 12.3 Å². The van der Waals surface area contributed by atoms with E-state index in [1.165, 1.54) is 16.4 Å². The topological polar surface area (TPSA) is 79.4 Å². The van der Waals surface area contributed by atoms with Crippen LogP contribution in [0.2, 0.25) is 0 Å². The van der Waals surface area contributed by atoms with Gasteiger partial charge in [-0.3, -0.25) is 9.10 Å². The van der Waals surface area contributed by atoms with Crippen LogP contribution in [0.5, 0.6) is 0 Å². The number of thioether (sulfide) groups is 1. The van der Waals surface area contributed by atoms with Gasteiger partial charge in [0.1, 0.15) is 6.54 Å². The zero-order valence-corrected chi connectivity index (χ0v) is 21.3. The monoisotopic (exact) mass is 511 g/mol. The number of hydrogen-bond acceptors (Lipinski definition) is 6. The minimum Gasteiger partial charge on any atom is -0.354 e. The lowest BCUT2D eigenvalue weighted by molar-refractivity contribution is -0.119. The van der Waals surface area contributed by atoms with Crippen LogP contribution >= 0.6 is 23.1 Å². The van der Waals surface area contributed by atoms with Crippen molar-refractivity contribution in [2.45, 2.75) is 23.1 Å². The third-order valence-electron chi connectivity index (χ3n) is 5.04. The van der Waals surface area contributed by atoms with Gasteiger partial charge in [-0.1, -0.05) is 48.2 Å². The summed E-state index contributed by atoms with van der Waals surface area (Å²) in [6.07, 6.45) is 0. The number of aromatic nitrogens is 1. The van der Waals surface area contributed by atoms with Crippen molar-refractivity contribution >= 4 is 54.9 Å². The molecule has 176 valence electrons. The number of rotatable bonds is 9. The number of benzene rings is 3. The highest BCUT2D eigenvalue weighted by molar-refractivity contribution is 8.01. The first-order valence-electron chi connectivity index (χ1n) is 10.7. The van der Waals surface area contributed by atoms with Crippen LogP contribution in [0, 0.1) is 13.8 Å². The molecule has 0 spiro atoms. The van der Waals surface area contributed by atoms with Gasteiger partial charge in [0.05, 0.1) is 20.8 Å². The molecular weight excluding hydrogens is 486 g/mol. The Morgan fingerprint density at radius 2 is 1.68 bits per heavy atom. The highest BCUT2D eigenvalue weighted by Gasteiger charge is 2.27. The van der Waals surface area contributed by atoms with Gasteiger partial charge in [0.25, 0.3) is 10.0 Å². The number of carbonyl (C=O) groups is 1. The number of fused-ring (bicyclic) bond motifs is 1. The Kier molecular flexibility index (Phi) is 7.55. The quantitative estimate of drug-likeness (QED) is 0.252. The van der Waals surface area contributed by atoms with Crippen molar-refractivity contribution in [1.29, 1.82) is 0 Å². The van der Waals surface area contributed by atoms with Gasteiger partial charge in [-0.05, 0) is 61.4 Å². The Balaban J connectivity index is 1.44. The Bertz CT molecular complexity index is 1350. The summed E-state index contributed by atoms with van der Waals surface area (Å²) in [6, 6.07) is 21.7. The zero-order chi connectivity index (χ0) is 24.1. The first kappa shape index (κ1) is 24.3. The lowest BCUT2D eigenvalue weighted by Crippen LogP contribution is -2.41. The Hall–Kier alpha value is -2.88. The number of thiazole rings is 1. The standard InChI is InChI=1S/C25H25N3O3S3/c1-18-14-19(2)16-20(15-18)28(34(30,31)21-8-4-3-5-9-21)17-24(29)26-12-13-32-25-27-22-10-6-7-11-23(22)33-25/h3-11,14-16H,12-13,17H2,1-2H3,(H,26,29). The fourth-order valence-corrected chi connectivity index (χ4v) is 6.98. The molecule has 9 heteroatoms. The number of carbonyl (C=O) groups excluding carboxylic acids is 1. The summed E-state index contributed by atoms with van der Waals surface area (Å²) in [5.41, 5.74) is 3.29. The van der Waals surface area contributed by atoms with E-state index in [1.807, 2.05) is 44.2 Å². The van der Waals surface area contributed by atoms with Crippen LogP contribution in [0.3, 0.4) is 0 Å². The molecule has 0 aliphatic heterocycles. The fourth-order valence-electron chi connectivity index (χ4n) is 3.56. The van der Waals surface area contributed by atoms with Gasteiger partial charge in [-0.15, -0.1) is 11.3 Å². The van der Waals surface area contributed by atoms with Crippen molar-refractivity contribution < 1.29 is 13.2 Å². The molecule has 1 aromatic heterocycles. The van der Waals surface area contributed by atoms with Gasteiger partial charge >= 0.3 is 0 Å². The summed E-state index contributed by atoms with van der Waals surface area (Å²) in [6.45, 7) is 3.92. The normalized spacial score (nSPS) is 11.5. The van der Waals surface area contributed by atoms with Gasteiger partial charge in [-0.25, -0.2) is 13.4 Å². The van der Waals surface area contributed by atoms with Crippen molar-refractivity contribution in [3.8, 4) is 0 Å². The van der Waals surface area contributed by atoms with Gasteiger partial charge < -0.3 is 5.32 Å². The van der Waals surface area contributed by atoms with Crippen molar-refractivity contribution in [1.82, 2.24) is 10.3 Å². The number of nitrogens with zero attached hydrogens (tertiary/aromatic N) is 2. The van der Waals surface area contributed by atoms with E-state index >= 15 is 0 Å². The molecule has 0 bridgehead atoms. The average Bonchev–Trinajstić information content (AvgIpc) is 3.23. The van der Waals surface area contributed by atoms with Crippen molar-refractivity contribution in [3.63, 3.8) is 0 Å². The summed E-state index contributed by atoms with van der Waals surface area (Å²) in [5, 5.41) is 2.85. The Labute approximate surface area is 208 Å². The highest BCUT2D eigenvalue weighted by atomic mass is 32.2. The maximum Gasteiger partial charge on any atom is 0.264 e. The van der Waals surface area contributed by atoms with Crippen molar-refractivity contribution in [3.05, 3.63) is 83.9 Å². The number of hydrogen-bond donors (Lipinski definition) is 1. The maximum atomic E-state index is 13.4. The molecule has 1 amide bonds. The average molecular weight is 512 g/mol. The fraction of sp³-hybridized carbons (Fsp3) is 0.200. The third-order valence-corrected chi connectivity index (χ3v) is 9.01. The Morgan fingerprint density at radius 1 is 1.00 bits per heavy atom. The summed E-state index contributed by atoms with van der Waals surface area (Å²) >= 11 is 3.19. The molecule has 0 aliphatic carbocycles. The van der Waals surface area contributed by atoms with E-state index in [2.05, 4.69) is 10.3 Å². The molecule has 4 rings (SSSR count). The van der Waals surface area contributed by atoms with Crippen LogP contribution in [0.1, 0.15) is 11.1 Å². The number of para-hydroxylation sites is 1. The summed E-state index contributed by atoms with van der Waals surface area (Å²) in [4.78, 5) is 17.5. The number of nitrogens with one attached hydrogen (secondary N) is 1. The second-order valence-corrected chi connectivity index (χ2v) is 12.1. The molecule has 0 saturated heterocycles. The van der Waals surface area contributed by atoms with E-state index in [1.54, 1.807) is 53.4 Å². The molecule has 4 aromatic rings. The largest absolute Gasteiger partial charge is 0.354 e. The molecule has 0 radical (unpaired) electrons. The van der Waals surface area contributed by atoms with E-state index in [4.69, 9.17) is 0 Å². The molecule has 0 unspecified atom stereocenters. The van der Waals surface area contributed by atoms with Crippen LogP contribution in [0.4, 0.5) is 5.69 Å². The molecule has 0 saturated carbocycles. The number of sulfonamides is 1. The number of amides is 1. The van der Waals surface area contributed by atoms with Crippen molar-refractivity contribution in [2.75, 3.05) is 23.1 Å². The molecule has 0 aliphatic rings. The lowest BCUT2D eigenvalue weighted by atomic mass is 10.1. The molecule has 6 nitrogen and oxygen atoms in total. The van der Waals surface area contributed by atoms with E-state index in [-0.39, 0.29) is 17.3 Å². The van der Waals surface area contributed by atoms with Gasteiger partial charge in [-0.2, -0.15) is 0 Å². The lowest BCUT2D eigenvalue weighted by Gasteiger charge is -2.25. The first-order chi connectivity index (χ1) is 16.3. The minimum absolute atomic E-state index is 0.147. The second-order valence-electron chi connectivity index (χ2n) is 7.82. The Morgan fingerprint density at radius 3 is 2.38 bits per heavy atom. The van der Waals surface area contributed by atoms with Crippen LogP contribution in [0.15, 0.2) is 82.0 Å². The number of aryl methyl sites for hydroxylation is 2. The first-order valence-corrected chi connectivity index (χ1v) is 14.0. The summed E-state index contributed by atoms with van der Waals surface area (Å²) in [7, 11) is -3.91. The van der Waals surface area contributed by atoms with E-state index < -0.39 is 10.0 Å². The van der Waals surface area contributed by atoms with Crippen LogP contribution in [0.25, 0.3) is 10.2 Å². The molecule has 1 heterocycles. The van der Waals surface area contributed by atoms with Crippen LogP contribution < -0.4 is 9.62 Å². The SMILES string of the molecule is Cc1cc(C)cc(N(CC(=O)NCCSc2nc3ccccc3s2)S(=O)(=O)c2ccccc2)c1. The van der Waals surface area contributed by atoms with Gasteiger partial charge in [0.15, 0.2) is 4.34 Å². The highest BCUT2D eigenvalue weighted by Crippen LogP contribution is 2.29. The minimum atomic E-state index is -3.91. The third kappa shape index (κ3) is 5.78. The smallest absolute Gasteiger partial charge is 0.264 e. The zero-order valence-electron chi connectivity index (χ0n) is 18.9. The molecule has 1 N–H and O–H groups in total. The molecule has 34 heavy (non-hydrogen) atoms. The molecule has 0 fully saturated rings. The van der Waals surface area contributed by atoms with Crippen molar-refractivity contribution in [2.24, 2.45) is 0 Å². The molecule has 3 aromatic carbocycles. The van der Waals surface area contributed by atoms with Crippen LogP contribution in [-0.4, -0.2) is 38.2 Å². The van der Waals surface area contributed by atoms with E-state index in [9.17, 15) is 13.2 Å². The number of anilines is 1. The van der Waals surface area contributed by atoms with Crippen LogP contribution in [-0.2, 0) is 14.8 Å². The molecular formula is C25H25N3O3S3. The summed E-state index contributed by atoms with van der Waals surface area (Å²) < 4.78 is 30.1. The predicted octanol–water partition coefficient (Wildman–Crippen LogP) is 5.02. The summed E-state index contributed by atoms with van der Waals surface area (Å²) in [5.74, 6) is 0.282. The van der Waals surface area contributed by atoms with Gasteiger partial charge in [0.2, 0.25) is 5.91 Å². The van der Waals surface area contributed by atoms with E-state index in [0.29, 0.717) is 18.0 Å². The second kappa shape index (κ2) is 10.6.